The maximum absolute atomic E-state index is 13.7. The molecule has 0 spiro atoms. The first-order valence-electron chi connectivity index (χ1n) is 12.3. The number of rotatable bonds is 6. The third-order valence-electron chi connectivity index (χ3n) is 6.30. The minimum atomic E-state index is -0.469. The number of nitro benzene ring substituents is 1. The van der Waals surface area contributed by atoms with Gasteiger partial charge in [0.05, 0.1) is 15.5 Å². The number of amidine groups is 1. The minimum absolute atomic E-state index is 0.0673. The Labute approximate surface area is 227 Å². The van der Waals surface area contributed by atoms with Crippen LogP contribution in [-0.2, 0) is 4.79 Å². The van der Waals surface area contributed by atoms with E-state index in [-0.39, 0.29) is 23.2 Å². The Morgan fingerprint density at radius 2 is 1.89 bits per heavy atom. The van der Waals surface area contributed by atoms with Gasteiger partial charge in [-0.3, -0.25) is 24.6 Å². The van der Waals surface area contributed by atoms with E-state index < -0.39 is 4.92 Å². The molecule has 11 heteroatoms. The molecule has 1 aromatic heterocycles. The number of thioether (sulfide) groups is 1. The molecular formula is C27H25N5O4S2. The minimum Gasteiger partial charge on any atom is -0.301 e. The third-order valence-corrected chi connectivity index (χ3v) is 8.26. The zero-order chi connectivity index (χ0) is 26.6. The number of aromatic nitrogens is 2. The van der Waals surface area contributed by atoms with Crippen molar-refractivity contribution < 1.29 is 9.72 Å². The van der Waals surface area contributed by atoms with Gasteiger partial charge in [-0.15, -0.1) is 0 Å². The standard InChI is InChI=1S/C27H25N5O4S2/c1-17-14-24(33)30-26(28-17)37-22-13-12-21(32(35)36)15-18(22)16-23-25(34)31(20-10-6-3-7-11-20)27(38-23)29-19-8-4-2-5-9-19/h2,4-5,8-9,12-16,20H,3,6-7,10-11H2,1H3,(H,28,30,33)/b23-16+,29-27?. The summed E-state index contributed by atoms with van der Waals surface area (Å²) in [7, 11) is 0. The van der Waals surface area contributed by atoms with Gasteiger partial charge in [-0.05, 0) is 61.4 Å². The number of nitrogens with one attached hydrogen (secondary N) is 1. The summed E-state index contributed by atoms with van der Waals surface area (Å²) in [6.07, 6.45) is 6.78. The molecule has 2 aliphatic rings. The number of non-ortho nitro benzene ring substituents is 1. The molecule has 2 heterocycles. The van der Waals surface area contributed by atoms with Gasteiger partial charge in [0.25, 0.3) is 17.2 Å². The van der Waals surface area contributed by atoms with Crippen molar-refractivity contribution in [1.82, 2.24) is 14.9 Å². The first-order chi connectivity index (χ1) is 18.4. The predicted octanol–water partition coefficient (Wildman–Crippen LogP) is 6.07. The molecule has 0 bridgehead atoms. The first kappa shape index (κ1) is 25.9. The fraction of sp³-hybridized carbons (Fsp3) is 0.259. The summed E-state index contributed by atoms with van der Waals surface area (Å²) < 4.78 is 0. The molecule has 1 saturated heterocycles. The highest BCUT2D eigenvalue weighted by Crippen LogP contribution is 2.40. The van der Waals surface area contributed by atoms with Crippen LogP contribution in [-0.4, -0.2) is 36.9 Å². The van der Waals surface area contributed by atoms with E-state index in [2.05, 4.69) is 9.97 Å². The number of carbonyl (C=O) groups excluding carboxylic acids is 1. The second kappa shape index (κ2) is 11.4. The van der Waals surface area contributed by atoms with Gasteiger partial charge in [0.15, 0.2) is 10.3 Å². The van der Waals surface area contributed by atoms with Gasteiger partial charge in [-0.25, -0.2) is 9.98 Å². The molecule has 9 nitrogen and oxygen atoms in total. The van der Waals surface area contributed by atoms with Gasteiger partial charge in [0, 0.05) is 34.8 Å². The largest absolute Gasteiger partial charge is 0.301 e. The molecule has 0 radical (unpaired) electrons. The van der Waals surface area contributed by atoms with E-state index >= 15 is 0 Å². The molecule has 194 valence electrons. The Morgan fingerprint density at radius 1 is 1.13 bits per heavy atom. The van der Waals surface area contributed by atoms with Crippen LogP contribution in [0.4, 0.5) is 11.4 Å². The molecule has 38 heavy (non-hydrogen) atoms. The molecule has 1 amide bonds. The molecule has 0 unspecified atom stereocenters. The van der Waals surface area contributed by atoms with Crippen molar-refractivity contribution in [1.29, 1.82) is 0 Å². The summed E-state index contributed by atoms with van der Waals surface area (Å²) in [5, 5.41) is 12.5. The smallest absolute Gasteiger partial charge is 0.270 e. The number of hydrogen-bond acceptors (Lipinski definition) is 8. The maximum atomic E-state index is 13.7. The summed E-state index contributed by atoms with van der Waals surface area (Å²) >= 11 is 2.46. The van der Waals surface area contributed by atoms with Crippen LogP contribution in [0, 0.1) is 17.0 Å². The van der Waals surface area contributed by atoms with Crippen LogP contribution in [0.15, 0.2) is 79.3 Å². The highest BCUT2D eigenvalue weighted by atomic mass is 32.2. The first-order valence-corrected chi connectivity index (χ1v) is 13.9. The number of aromatic amines is 1. The second-order valence-electron chi connectivity index (χ2n) is 9.08. The SMILES string of the molecule is Cc1cc(=O)[nH]c(Sc2ccc([N+](=O)[O-])cc2/C=C2/SC(=Nc3ccccc3)N(C3CCCCC3)C2=O)n1. The Morgan fingerprint density at radius 3 is 2.61 bits per heavy atom. The molecule has 1 saturated carbocycles. The van der Waals surface area contributed by atoms with Gasteiger partial charge in [-0.1, -0.05) is 49.2 Å². The van der Waals surface area contributed by atoms with Crippen molar-refractivity contribution in [2.45, 2.75) is 55.1 Å². The van der Waals surface area contributed by atoms with E-state index in [0.717, 1.165) is 37.8 Å². The number of aryl methyl sites for hydroxylation is 1. The summed E-state index contributed by atoms with van der Waals surface area (Å²) in [5.41, 5.74) is 1.43. The molecule has 1 N–H and O–H groups in total. The average molecular weight is 548 g/mol. The topological polar surface area (TPSA) is 122 Å². The number of benzene rings is 2. The Hall–Kier alpha value is -3.70. The predicted molar refractivity (Wildman–Crippen MR) is 150 cm³/mol. The summed E-state index contributed by atoms with van der Waals surface area (Å²) in [6, 6.07) is 15.4. The van der Waals surface area contributed by atoms with Gasteiger partial charge in [0.1, 0.15) is 0 Å². The molecule has 2 fully saturated rings. The van der Waals surface area contributed by atoms with Gasteiger partial charge < -0.3 is 4.98 Å². The van der Waals surface area contributed by atoms with Crippen LogP contribution in [0.25, 0.3) is 6.08 Å². The number of aliphatic imine (C=N–C) groups is 1. The summed E-state index contributed by atoms with van der Waals surface area (Å²) in [4.78, 5) is 51.5. The van der Waals surface area contributed by atoms with Gasteiger partial charge >= 0.3 is 0 Å². The Balaban J connectivity index is 1.56. The quantitative estimate of drug-likeness (QED) is 0.172. The Bertz CT molecular complexity index is 1500. The van der Waals surface area contributed by atoms with Crippen LogP contribution in [0.2, 0.25) is 0 Å². The van der Waals surface area contributed by atoms with Crippen LogP contribution < -0.4 is 5.56 Å². The summed E-state index contributed by atoms with van der Waals surface area (Å²) in [6.45, 7) is 1.72. The van der Waals surface area contributed by atoms with Crippen LogP contribution >= 0.6 is 23.5 Å². The van der Waals surface area contributed by atoms with Crippen molar-refractivity contribution in [2.75, 3.05) is 0 Å². The van der Waals surface area contributed by atoms with Crippen molar-refractivity contribution in [3.8, 4) is 0 Å². The van der Waals surface area contributed by atoms with E-state index in [1.54, 1.807) is 24.0 Å². The summed E-state index contributed by atoms with van der Waals surface area (Å²) in [5.74, 6) is -0.152. The number of para-hydroxylation sites is 1. The zero-order valence-corrected chi connectivity index (χ0v) is 22.3. The van der Waals surface area contributed by atoms with Crippen molar-refractivity contribution in [2.24, 2.45) is 4.99 Å². The molecule has 0 atom stereocenters. The number of nitrogens with zero attached hydrogens (tertiary/aromatic N) is 4. The Kier molecular flexibility index (Phi) is 7.75. The van der Waals surface area contributed by atoms with Crippen molar-refractivity contribution >= 4 is 52.0 Å². The monoisotopic (exact) mass is 547 g/mol. The number of carbonyl (C=O) groups is 1. The van der Waals surface area contributed by atoms with E-state index in [0.29, 0.717) is 31.4 Å². The lowest BCUT2D eigenvalue weighted by Gasteiger charge is -2.30. The fourth-order valence-electron chi connectivity index (χ4n) is 4.54. The normalized spacial score (nSPS) is 18.4. The zero-order valence-electron chi connectivity index (χ0n) is 20.6. The maximum Gasteiger partial charge on any atom is 0.270 e. The highest BCUT2D eigenvalue weighted by molar-refractivity contribution is 8.18. The number of nitro groups is 1. The van der Waals surface area contributed by atoms with Crippen molar-refractivity contribution in [3.63, 3.8) is 0 Å². The van der Waals surface area contributed by atoms with Gasteiger partial charge in [0.2, 0.25) is 0 Å². The van der Waals surface area contributed by atoms with E-state index in [1.165, 1.54) is 41.7 Å². The molecule has 2 aromatic carbocycles. The van der Waals surface area contributed by atoms with Crippen LogP contribution in [0.3, 0.4) is 0 Å². The van der Waals surface area contributed by atoms with E-state index in [1.807, 2.05) is 30.3 Å². The highest BCUT2D eigenvalue weighted by Gasteiger charge is 2.38. The van der Waals surface area contributed by atoms with E-state index in [4.69, 9.17) is 4.99 Å². The molecule has 1 aliphatic heterocycles. The van der Waals surface area contributed by atoms with Gasteiger partial charge in [-0.2, -0.15) is 0 Å². The number of amides is 1. The molecule has 1 aliphatic carbocycles. The lowest BCUT2D eigenvalue weighted by molar-refractivity contribution is -0.384. The lowest BCUT2D eigenvalue weighted by atomic mass is 9.94. The number of hydrogen-bond donors (Lipinski definition) is 1. The second-order valence-corrected chi connectivity index (χ2v) is 11.1. The lowest BCUT2D eigenvalue weighted by Crippen LogP contribution is -2.40. The van der Waals surface area contributed by atoms with E-state index in [9.17, 15) is 19.7 Å². The average Bonchev–Trinajstić information content (AvgIpc) is 3.19. The third kappa shape index (κ3) is 5.89. The number of H-pyrrole nitrogens is 1. The molecule has 3 aromatic rings. The van der Waals surface area contributed by atoms with Crippen LogP contribution in [0.5, 0.6) is 0 Å². The van der Waals surface area contributed by atoms with Crippen molar-refractivity contribution in [3.05, 3.63) is 91.2 Å². The fourth-order valence-corrected chi connectivity index (χ4v) is 6.51. The van der Waals surface area contributed by atoms with Crippen LogP contribution in [0.1, 0.15) is 43.4 Å². The molecular weight excluding hydrogens is 522 g/mol. The molecule has 5 rings (SSSR count).